The maximum absolute atomic E-state index is 11.4. The summed E-state index contributed by atoms with van der Waals surface area (Å²) >= 11 is 0. The van der Waals surface area contributed by atoms with Crippen molar-refractivity contribution in [1.82, 2.24) is 10.6 Å². The van der Waals surface area contributed by atoms with Crippen molar-refractivity contribution >= 4 is 5.91 Å². The molecule has 3 nitrogen and oxygen atoms in total. The van der Waals surface area contributed by atoms with Gasteiger partial charge in [0, 0.05) is 18.5 Å². The zero-order chi connectivity index (χ0) is 9.10. The first-order valence-electron chi connectivity index (χ1n) is 5.37. The van der Waals surface area contributed by atoms with Crippen molar-refractivity contribution < 1.29 is 4.79 Å². The highest BCUT2D eigenvalue weighted by atomic mass is 16.1. The van der Waals surface area contributed by atoms with Crippen molar-refractivity contribution in [1.29, 1.82) is 0 Å². The first kappa shape index (κ1) is 9.00. The van der Waals surface area contributed by atoms with E-state index in [1.807, 2.05) is 0 Å². The molecule has 2 rings (SSSR count). The molecule has 0 unspecified atom stereocenters. The third-order valence-corrected chi connectivity index (χ3v) is 2.79. The molecule has 0 bridgehead atoms. The van der Waals surface area contributed by atoms with Crippen LogP contribution in [0, 0.1) is 0 Å². The van der Waals surface area contributed by atoms with Crippen LogP contribution in [0.4, 0.5) is 0 Å². The maximum Gasteiger partial charge on any atom is 0.221 e. The summed E-state index contributed by atoms with van der Waals surface area (Å²) in [5.41, 5.74) is 0. The van der Waals surface area contributed by atoms with Gasteiger partial charge in [-0.3, -0.25) is 4.79 Å². The predicted octanol–water partition coefficient (Wildman–Crippen LogP) is 0.797. The van der Waals surface area contributed by atoms with Gasteiger partial charge in [0.05, 0.1) is 0 Å². The Hall–Kier alpha value is -0.570. The van der Waals surface area contributed by atoms with E-state index in [2.05, 4.69) is 10.6 Å². The van der Waals surface area contributed by atoms with Crippen LogP contribution in [-0.4, -0.2) is 24.5 Å². The zero-order valence-electron chi connectivity index (χ0n) is 8.01. The minimum Gasteiger partial charge on any atom is -0.353 e. The van der Waals surface area contributed by atoms with E-state index < -0.39 is 0 Å². The average Bonchev–Trinajstić information content (AvgIpc) is 2.90. The van der Waals surface area contributed by atoms with E-state index in [-0.39, 0.29) is 5.91 Å². The van der Waals surface area contributed by atoms with Gasteiger partial charge in [0.2, 0.25) is 5.91 Å². The van der Waals surface area contributed by atoms with Gasteiger partial charge < -0.3 is 10.6 Å². The molecular weight excluding hydrogens is 164 g/mol. The number of carbonyl (C=O) groups is 1. The van der Waals surface area contributed by atoms with Crippen LogP contribution in [0.1, 0.15) is 38.5 Å². The average molecular weight is 182 g/mol. The van der Waals surface area contributed by atoms with Gasteiger partial charge in [-0.05, 0) is 32.2 Å². The molecule has 1 amide bonds. The normalized spacial score (nSPS) is 28.5. The van der Waals surface area contributed by atoms with E-state index in [1.165, 1.54) is 25.7 Å². The van der Waals surface area contributed by atoms with E-state index in [9.17, 15) is 4.79 Å². The lowest BCUT2D eigenvalue weighted by Crippen LogP contribution is -2.39. The Morgan fingerprint density at radius 3 is 2.77 bits per heavy atom. The van der Waals surface area contributed by atoms with Crippen LogP contribution in [-0.2, 0) is 4.79 Å². The van der Waals surface area contributed by atoms with Crippen LogP contribution < -0.4 is 10.6 Å². The lowest BCUT2D eigenvalue weighted by Gasteiger charge is -2.22. The lowest BCUT2D eigenvalue weighted by molar-refractivity contribution is -0.121. The summed E-state index contributed by atoms with van der Waals surface area (Å²) in [4.78, 5) is 11.4. The molecule has 0 spiro atoms. The number of hydrogen-bond donors (Lipinski definition) is 2. The van der Waals surface area contributed by atoms with Crippen LogP contribution in [0.5, 0.6) is 0 Å². The van der Waals surface area contributed by atoms with Crippen LogP contribution in [0.15, 0.2) is 0 Å². The summed E-state index contributed by atoms with van der Waals surface area (Å²) in [7, 11) is 0. The number of hydrogen-bond acceptors (Lipinski definition) is 2. The van der Waals surface area contributed by atoms with Gasteiger partial charge in [-0.15, -0.1) is 0 Å². The summed E-state index contributed by atoms with van der Waals surface area (Å²) in [5.74, 6) is 0.238. The Morgan fingerprint density at radius 1 is 1.31 bits per heavy atom. The summed E-state index contributed by atoms with van der Waals surface area (Å²) in [6.07, 6.45) is 6.75. The van der Waals surface area contributed by atoms with Gasteiger partial charge in [0.15, 0.2) is 0 Å². The minimum absolute atomic E-state index is 0.238. The Labute approximate surface area is 79.3 Å². The molecule has 1 saturated carbocycles. The van der Waals surface area contributed by atoms with E-state index in [1.54, 1.807) is 0 Å². The van der Waals surface area contributed by atoms with E-state index in [0.29, 0.717) is 18.5 Å². The lowest BCUT2D eigenvalue weighted by atomic mass is 10.0. The Morgan fingerprint density at radius 2 is 2.15 bits per heavy atom. The summed E-state index contributed by atoms with van der Waals surface area (Å²) in [6, 6.07) is 0.948. The second kappa shape index (κ2) is 4.09. The molecule has 13 heavy (non-hydrogen) atoms. The maximum atomic E-state index is 11.4. The molecule has 2 aliphatic rings. The molecule has 1 saturated heterocycles. The van der Waals surface area contributed by atoms with Gasteiger partial charge in [0.1, 0.15) is 0 Å². The minimum atomic E-state index is 0.238. The SMILES string of the molecule is O=C(C[C@@H]1CCCCN1)NC1CC1. The zero-order valence-corrected chi connectivity index (χ0v) is 8.01. The smallest absolute Gasteiger partial charge is 0.221 e. The van der Waals surface area contributed by atoms with Crippen molar-refractivity contribution in [2.45, 2.75) is 50.6 Å². The summed E-state index contributed by atoms with van der Waals surface area (Å²) < 4.78 is 0. The second-order valence-electron chi connectivity index (χ2n) is 4.19. The highest BCUT2D eigenvalue weighted by molar-refractivity contribution is 5.77. The van der Waals surface area contributed by atoms with E-state index in [4.69, 9.17) is 0 Å². The Balaban J connectivity index is 1.66. The van der Waals surface area contributed by atoms with Gasteiger partial charge in [-0.1, -0.05) is 6.42 Å². The third kappa shape index (κ3) is 2.99. The first-order chi connectivity index (χ1) is 6.34. The fourth-order valence-corrected chi connectivity index (χ4v) is 1.84. The van der Waals surface area contributed by atoms with E-state index >= 15 is 0 Å². The largest absolute Gasteiger partial charge is 0.353 e. The first-order valence-corrected chi connectivity index (χ1v) is 5.37. The monoisotopic (exact) mass is 182 g/mol. The molecule has 1 aliphatic carbocycles. The fourth-order valence-electron chi connectivity index (χ4n) is 1.84. The van der Waals surface area contributed by atoms with Crippen molar-refractivity contribution in [2.24, 2.45) is 0 Å². The molecule has 0 aromatic heterocycles. The number of nitrogens with one attached hydrogen (secondary N) is 2. The van der Waals surface area contributed by atoms with Crippen LogP contribution in [0.25, 0.3) is 0 Å². The molecule has 2 fully saturated rings. The van der Waals surface area contributed by atoms with Crippen LogP contribution in [0.3, 0.4) is 0 Å². The standard InChI is InChI=1S/C10H18N2O/c13-10(12-8-4-5-8)7-9-3-1-2-6-11-9/h8-9,11H,1-7H2,(H,12,13)/t9-/m0/s1. The second-order valence-corrected chi connectivity index (χ2v) is 4.19. The van der Waals surface area contributed by atoms with Gasteiger partial charge >= 0.3 is 0 Å². The van der Waals surface area contributed by atoms with E-state index in [0.717, 1.165) is 13.0 Å². The number of rotatable bonds is 3. The number of carbonyl (C=O) groups excluding carboxylic acids is 1. The van der Waals surface area contributed by atoms with Crippen LogP contribution in [0.2, 0.25) is 0 Å². The quantitative estimate of drug-likeness (QED) is 0.677. The van der Waals surface area contributed by atoms with Crippen molar-refractivity contribution in [3.8, 4) is 0 Å². The molecule has 3 heteroatoms. The molecule has 1 atom stereocenters. The predicted molar refractivity (Wildman–Crippen MR) is 51.4 cm³/mol. The van der Waals surface area contributed by atoms with Crippen LogP contribution >= 0.6 is 0 Å². The molecule has 1 aliphatic heterocycles. The Bertz CT molecular complexity index is 183. The molecule has 0 radical (unpaired) electrons. The van der Waals surface area contributed by atoms with Gasteiger partial charge in [-0.2, -0.15) is 0 Å². The van der Waals surface area contributed by atoms with Crippen molar-refractivity contribution in [2.75, 3.05) is 6.54 Å². The summed E-state index contributed by atoms with van der Waals surface area (Å²) in [6.45, 7) is 1.08. The molecule has 2 N–H and O–H groups in total. The van der Waals surface area contributed by atoms with Gasteiger partial charge in [0.25, 0.3) is 0 Å². The molecule has 0 aromatic rings. The summed E-state index contributed by atoms with van der Waals surface area (Å²) in [5, 5.41) is 6.41. The topological polar surface area (TPSA) is 41.1 Å². The van der Waals surface area contributed by atoms with Crippen molar-refractivity contribution in [3.05, 3.63) is 0 Å². The molecule has 74 valence electrons. The third-order valence-electron chi connectivity index (χ3n) is 2.79. The van der Waals surface area contributed by atoms with Gasteiger partial charge in [-0.25, -0.2) is 0 Å². The molecular formula is C10H18N2O. The number of piperidine rings is 1. The fraction of sp³-hybridized carbons (Fsp3) is 0.900. The molecule has 1 heterocycles. The number of amides is 1. The van der Waals surface area contributed by atoms with Crippen molar-refractivity contribution in [3.63, 3.8) is 0 Å². The highest BCUT2D eigenvalue weighted by Gasteiger charge is 2.24. The highest BCUT2D eigenvalue weighted by Crippen LogP contribution is 2.19. The Kier molecular flexibility index (Phi) is 2.83. The molecule has 0 aromatic carbocycles.